The summed E-state index contributed by atoms with van der Waals surface area (Å²) in [7, 11) is 0. The highest BCUT2D eigenvalue weighted by atomic mass is 15.4. The summed E-state index contributed by atoms with van der Waals surface area (Å²) in [6.07, 6.45) is 5.18. The molecule has 24 heavy (non-hydrogen) atoms. The molecule has 0 aliphatic carbocycles. The van der Waals surface area contributed by atoms with Crippen LogP contribution >= 0.6 is 0 Å². The van der Waals surface area contributed by atoms with E-state index in [2.05, 4.69) is 71.6 Å². The van der Waals surface area contributed by atoms with Crippen LogP contribution in [0.2, 0.25) is 0 Å². The zero-order valence-electron chi connectivity index (χ0n) is 15.3. The maximum atomic E-state index is 4.55. The van der Waals surface area contributed by atoms with E-state index in [0.717, 1.165) is 54.8 Å². The molecule has 1 aromatic heterocycles. The maximum Gasteiger partial charge on any atom is 0.243 e. The second-order valence-electron chi connectivity index (χ2n) is 6.04. The zero-order valence-corrected chi connectivity index (χ0v) is 15.3. The van der Waals surface area contributed by atoms with E-state index in [1.54, 1.807) is 0 Å². The smallest absolute Gasteiger partial charge is 0.243 e. The van der Waals surface area contributed by atoms with Gasteiger partial charge in [0.05, 0.1) is 5.71 Å². The molecular weight excluding hydrogens is 296 g/mol. The van der Waals surface area contributed by atoms with Crippen molar-refractivity contribution in [2.24, 2.45) is 5.10 Å². The number of nitrogens with zero attached hydrogens (tertiary/aromatic N) is 3. The second-order valence-corrected chi connectivity index (χ2v) is 6.04. The Balaban J connectivity index is 2.17. The molecule has 0 aliphatic rings. The fourth-order valence-corrected chi connectivity index (χ4v) is 2.61. The van der Waals surface area contributed by atoms with Gasteiger partial charge in [-0.05, 0) is 49.4 Å². The van der Waals surface area contributed by atoms with Crippen molar-refractivity contribution < 1.29 is 0 Å². The third-order valence-electron chi connectivity index (χ3n) is 3.91. The van der Waals surface area contributed by atoms with E-state index in [4.69, 9.17) is 0 Å². The van der Waals surface area contributed by atoms with Crippen molar-refractivity contribution in [3.8, 4) is 0 Å². The van der Waals surface area contributed by atoms with Crippen LogP contribution in [0.25, 0.3) is 0 Å². The number of hydrogen-bond donors (Lipinski definition) is 1. The highest BCUT2D eigenvalue weighted by Gasteiger charge is 2.04. The number of hydrogen-bond acceptors (Lipinski definition) is 4. The lowest BCUT2D eigenvalue weighted by molar-refractivity contribution is 0.856. The first kappa shape index (κ1) is 18.1. The standard InChI is InChI=1S/C20H28N4/c1-5-9-16-11-8-12-17(13-16)15(4)23-24-20-21-18(7-3)14-19(22-20)10-6-2/h8,11-14H,5-7,9-10H2,1-4H3,(H,21,22,24). The molecule has 4 heteroatoms. The molecule has 0 aliphatic heterocycles. The Labute approximate surface area is 145 Å². The molecule has 0 amide bonds. The van der Waals surface area contributed by atoms with Crippen LogP contribution in [0, 0.1) is 0 Å². The van der Waals surface area contributed by atoms with Crippen molar-refractivity contribution in [2.75, 3.05) is 5.43 Å². The number of aromatic nitrogens is 2. The van der Waals surface area contributed by atoms with E-state index in [9.17, 15) is 0 Å². The second kappa shape index (κ2) is 9.16. The van der Waals surface area contributed by atoms with Gasteiger partial charge in [-0.15, -0.1) is 0 Å². The van der Waals surface area contributed by atoms with Crippen LogP contribution in [0.3, 0.4) is 0 Å². The van der Waals surface area contributed by atoms with Gasteiger partial charge in [0.15, 0.2) is 0 Å². The van der Waals surface area contributed by atoms with E-state index in [1.165, 1.54) is 5.56 Å². The number of anilines is 1. The van der Waals surface area contributed by atoms with Crippen molar-refractivity contribution in [1.29, 1.82) is 0 Å². The summed E-state index contributed by atoms with van der Waals surface area (Å²) in [6.45, 7) is 8.47. The molecule has 2 rings (SSSR count). The summed E-state index contributed by atoms with van der Waals surface area (Å²) in [6, 6.07) is 10.6. The molecule has 0 unspecified atom stereocenters. The third kappa shape index (κ3) is 5.15. The quantitative estimate of drug-likeness (QED) is 0.561. The summed E-state index contributed by atoms with van der Waals surface area (Å²) in [4.78, 5) is 9.07. The minimum absolute atomic E-state index is 0.585. The monoisotopic (exact) mass is 324 g/mol. The molecule has 1 N–H and O–H groups in total. The lowest BCUT2D eigenvalue weighted by atomic mass is 10.0. The van der Waals surface area contributed by atoms with E-state index in [-0.39, 0.29) is 0 Å². The molecule has 0 radical (unpaired) electrons. The Hall–Kier alpha value is -2.23. The number of aryl methyl sites for hydroxylation is 3. The molecule has 0 atom stereocenters. The number of benzene rings is 1. The summed E-state index contributed by atoms with van der Waals surface area (Å²) in [5, 5.41) is 4.48. The fourth-order valence-electron chi connectivity index (χ4n) is 2.61. The minimum atomic E-state index is 0.585. The topological polar surface area (TPSA) is 50.2 Å². The van der Waals surface area contributed by atoms with Crippen LogP contribution in [0.1, 0.15) is 63.1 Å². The lowest BCUT2D eigenvalue weighted by Crippen LogP contribution is -2.06. The number of nitrogens with one attached hydrogen (secondary N) is 1. The average Bonchev–Trinajstić information content (AvgIpc) is 2.60. The molecule has 1 heterocycles. The van der Waals surface area contributed by atoms with Gasteiger partial charge in [-0.25, -0.2) is 15.4 Å². The first-order valence-corrected chi connectivity index (χ1v) is 8.92. The van der Waals surface area contributed by atoms with Crippen molar-refractivity contribution in [2.45, 2.75) is 59.8 Å². The van der Waals surface area contributed by atoms with Crippen LogP contribution in [0.15, 0.2) is 35.4 Å². The summed E-state index contributed by atoms with van der Waals surface area (Å²) >= 11 is 0. The number of hydrazone groups is 1. The van der Waals surface area contributed by atoms with Crippen LogP contribution < -0.4 is 5.43 Å². The Morgan fingerprint density at radius 2 is 1.75 bits per heavy atom. The molecule has 0 fully saturated rings. The van der Waals surface area contributed by atoms with Crippen molar-refractivity contribution in [1.82, 2.24) is 9.97 Å². The molecular formula is C20H28N4. The van der Waals surface area contributed by atoms with Crippen LogP contribution in [-0.2, 0) is 19.3 Å². The Morgan fingerprint density at radius 3 is 2.46 bits per heavy atom. The molecule has 128 valence electrons. The minimum Gasteiger partial charge on any atom is -0.245 e. The Morgan fingerprint density at radius 1 is 1.00 bits per heavy atom. The van der Waals surface area contributed by atoms with Gasteiger partial charge >= 0.3 is 0 Å². The fraction of sp³-hybridized carbons (Fsp3) is 0.450. The molecule has 2 aromatic rings. The van der Waals surface area contributed by atoms with Gasteiger partial charge in [-0.3, -0.25) is 0 Å². The molecule has 0 bridgehead atoms. The van der Waals surface area contributed by atoms with Gasteiger partial charge < -0.3 is 0 Å². The summed E-state index contributed by atoms with van der Waals surface area (Å²) < 4.78 is 0. The van der Waals surface area contributed by atoms with Crippen molar-refractivity contribution in [3.05, 3.63) is 52.8 Å². The van der Waals surface area contributed by atoms with Crippen molar-refractivity contribution >= 4 is 11.7 Å². The van der Waals surface area contributed by atoms with Gasteiger partial charge in [0.1, 0.15) is 0 Å². The zero-order chi connectivity index (χ0) is 17.4. The third-order valence-corrected chi connectivity index (χ3v) is 3.91. The van der Waals surface area contributed by atoms with E-state index >= 15 is 0 Å². The van der Waals surface area contributed by atoms with Crippen LogP contribution in [0.4, 0.5) is 5.95 Å². The van der Waals surface area contributed by atoms with Gasteiger partial charge in [0.25, 0.3) is 0 Å². The predicted molar refractivity (Wildman–Crippen MR) is 102 cm³/mol. The maximum absolute atomic E-state index is 4.55. The molecule has 4 nitrogen and oxygen atoms in total. The molecule has 0 saturated heterocycles. The van der Waals surface area contributed by atoms with Gasteiger partial charge in [-0.1, -0.05) is 51.8 Å². The van der Waals surface area contributed by atoms with Gasteiger partial charge in [0.2, 0.25) is 5.95 Å². The first-order chi connectivity index (χ1) is 11.7. The Kier molecular flexibility index (Phi) is 6.91. The normalized spacial score (nSPS) is 11.6. The molecule has 0 spiro atoms. The largest absolute Gasteiger partial charge is 0.245 e. The van der Waals surface area contributed by atoms with Gasteiger partial charge in [-0.2, -0.15) is 5.10 Å². The molecule has 1 aromatic carbocycles. The highest BCUT2D eigenvalue weighted by Crippen LogP contribution is 2.11. The average molecular weight is 324 g/mol. The molecule has 0 saturated carbocycles. The Bertz CT molecular complexity index is 692. The lowest BCUT2D eigenvalue weighted by Gasteiger charge is -2.07. The summed E-state index contributed by atoms with van der Waals surface area (Å²) in [5.41, 5.74) is 8.58. The predicted octanol–water partition coefficient (Wildman–Crippen LogP) is 4.78. The highest BCUT2D eigenvalue weighted by molar-refractivity contribution is 5.99. The van der Waals surface area contributed by atoms with E-state index in [1.807, 2.05) is 6.92 Å². The summed E-state index contributed by atoms with van der Waals surface area (Å²) in [5.74, 6) is 0.585. The van der Waals surface area contributed by atoms with Crippen LogP contribution in [-0.4, -0.2) is 15.7 Å². The number of rotatable bonds is 8. The van der Waals surface area contributed by atoms with E-state index < -0.39 is 0 Å². The van der Waals surface area contributed by atoms with E-state index in [0.29, 0.717) is 5.95 Å². The van der Waals surface area contributed by atoms with Crippen molar-refractivity contribution in [3.63, 3.8) is 0 Å². The van der Waals surface area contributed by atoms with Gasteiger partial charge in [0, 0.05) is 11.4 Å². The first-order valence-electron chi connectivity index (χ1n) is 8.92. The SMILES string of the molecule is CCCc1cccc(C(C)=NNc2nc(CC)cc(CCC)n2)c1. The van der Waals surface area contributed by atoms with Crippen LogP contribution in [0.5, 0.6) is 0 Å².